The number of halogens is 6. The molecular formula is C20H17F6N5O4. The lowest BCUT2D eigenvalue weighted by molar-refractivity contribution is -0.226. The maximum atomic E-state index is 14.9. The molecule has 35 heavy (non-hydrogen) atoms. The molecular weight excluding hydrogens is 488 g/mol. The highest BCUT2D eigenvalue weighted by atomic mass is 19.4. The number of aliphatic imine (C=N–C) groups is 1. The summed E-state index contributed by atoms with van der Waals surface area (Å²) in [5.41, 5.74) is 2.63. The molecule has 4 atom stereocenters. The van der Waals surface area contributed by atoms with Gasteiger partial charge in [0.25, 0.3) is 12.4 Å². The van der Waals surface area contributed by atoms with E-state index < -0.39 is 72.4 Å². The second-order valence-electron chi connectivity index (χ2n) is 7.79. The number of amides is 1. The van der Waals surface area contributed by atoms with Crippen LogP contribution in [0.2, 0.25) is 0 Å². The standard InChI is InChI=1S/C20H17F6N5O4/c1-8-14-15(20(24,25)26)35-17(27)31-19(14,7-33-8)10-4-9(2-3-11(10)21)30-18(32)34-13-6-28-12(5-29-13)16(22)23/h2-6,8,14-16H,7H2,1H3,(H2,27,31)(H,30,32)/t8-,14+,15?,19-/m1/s1. The fourth-order valence-corrected chi connectivity index (χ4v) is 4.13. The van der Waals surface area contributed by atoms with Gasteiger partial charge < -0.3 is 19.9 Å². The number of amidine groups is 1. The molecule has 1 amide bonds. The predicted molar refractivity (Wildman–Crippen MR) is 106 cm³/mol. The Morgan fingerprint density at radius 2 is 2.03 bits per heavy atom. The van der Waals surface area contributed by atoms with Crippen molar-refractivity contribution in [2.45, 2.75) is 37.3 Å². The van der Waals surface area contributed by atoms with E-state index >= 15 is 0 Å². The molecule has 3 heterocycles. The highest BCUT2D eigenvalue weighted by Crippen LogP contribution is 2.51. The van der Waals surface area contributed by atoms with Crippen molar-refractivity contribution in [3.63, 3.8) is 0 Å². The van der Waals surface area contributed by atoms with Gasteiger partial charge in [-0.3, -0.25) is 5.32 Å². The molecule has 188 valence electrons. The molecule has 2 aromatic rings. The van der Waals surface area contributed by atoms with Gasteiger partial charge >= 0.3 is 12.3 Å². The largest absolute Gasteiger partial charge is 0.452 e. The minimum absolute atomic E-state index is 0.0694. The maximum absolute atomic E-state index is 14.9. The molecule has 4 rings (SSSR count). The molecule has 9 nitrogen and oxygen atoms in total. The number of fused-ring (bicyclic) bond motifs is 1. The van der Waals surface area contributed by atoms with Crippen LogP contribution in [0.15, 0.2) is 35.6 Å². The number of carbonyl (C=O) groups is 1. The second-order valence-corrected chi connectivity index (χ2v) is 7.79. The number of aromatic nitrogens is 2. The lowest BCUT2D eigenvalue weighted by atomic mass is 9.74. The molecule has 0 aliphatic carbocycles. The van der Waals surface area contributed by atoms with Gasteiger partial charge in [-0.05, 0) is 25.1 Å². The third kappa shape index (κ3) is 4.67. The number of rotatable bonds is 4. The van der Waals surface area contributed by atoms with Gasteiger partial charge in [0, 0.05) is 11.3 Å². The zero-order chi connectivity index (χ0) is 25.5. The zero-order valence-electron chi connectivity index (χ0n) is 17.7. The van der Waals surface area contributed by atoms with Gasteiger partial charge in [0.15, 0.2) is 0 Å². The molecule has 0 radical (unpaired) electrons. The molecule has 2 aliphatic heterocycles. The van der Waals surface area contributed by atoms with Crippen molar-refractivity contribution >= 4 is 17.8 Å². The molecule has 1 fully saturated rings. The molecule has 1 saturated heterocycles. The van der Waals surface area contributed by atoms with E-state index in [1.165, 1.54) is 6.92 Å². The maximum Gasteiger partial charge on any atom is 0.426 e. The first-order chi connectivity index (χ1) is 16.4. The number of nitrogens with zero attached hydrogens (tertiary/aromatic N) is 3. The van der Waals surface area contributed by atoms with E-state index in [1.807, 2.05) is 0 Å². The van der Waals surface area contributed by atoms with Crippen LogP contribution in [0, 0.1) is 11.7 Å². The van der Waals surface area contributed by atoms with E-state index in [2.05, 4.69) is 20.3 Å². The third-order valence-corrected chi connectivity index (χ3v) is 5.58. The Balaban J connectivity index is 1.62. The number of carbonyl (C=O) groups excluding carboxylic acids is 1. The number of hydrogen-bond donors (Lipinski definition) is 2. The number of ether oxygens (including phenoxy) is 3. The van der Waals surface area contributed by atoms with Crippen molar-refractivity contribution in [2.75, 3.05) is 11.9 Å². The number of hydrogen-bond acceptors (Lipinski definition) is 8. The van der Waals surface area contributed by atoms with Crippen LogP contribution in [0.5, 0.6) is 5.88 Å². The number of anilines is 1. The van der Waals surface area contributed by atoms with E-state index in [4.69, 9.17) is 19.9 Å². The zero-order valence-corrected chi connectivity index (χ0v) is 17.7. The second kappa shape index (κ2) is 8.87. The van der Waals surface area contributed by atoms with Crippen molar-refractivity contribution in [2.24, 2.45) is 16.6 Å². The van der Waals surface area contributed by atoms with Crippen LogP contribution in [0.25, 0.3) is 0 Å². The lowest BCUT2D eigenvalue weighted by Gasteiger charge is -2.41. The van der Waals surface area contributed by atoms with Crippen LogP contribution in [0.1, 0.15) is 24.6 Å². The van der Waals surface area contributed by atoms with Gasteiger partial charge in [0.05, 0.1) is 31.0 Å². The van der Waals surface area contributed by atoms with E-state index in [1.54, 1.807) is 0 Å². The molecule has 0 saturated carbocycles. The highest BCUT2D eigenvalue weighted by molar-refractivity contribution is 5.86. The summed E-state index contributed by atoms with van der Waals surface area (Å²) in [7, 11) is 0. The van der Waals surface area contributed by atoms with Gasteiger partial charge in [-0.25, -0.2) is 32.9 Å². The van der Waals surface area contributed by atoms with Crippen LogP contribution < -0.4 is 15.8 Å². The summed E-state index contributed by atoms with van der Waals surface area (Å²) in [6.45, 7) is 0.954. The predicted octanol–water partition coefficient (Wildman–Crippen LogP) is 3.67. The average molecular weight is 505 g/mol. The quantitative estimate of drug-likeness (QED) is 0.609. The van der Waals surface area contributed by atoms with E-state index in [9.17, 15) is 31.1 Å². The number of benzene rings is 1. The van der Waals surface area contributed by atoms with E-state index in [0.717, 1.165) is 24.4 Å². The Hall–Kier alpha value is -3.62. The summed E-state index contributed by atoms with van der Waals surface area (Å²) < 4.78 is 96.3. The number of nitrogens with one attached hydrogen (secondary N) is 1. The summed E-state index contributed by atoms with van der Waals surface area (Å²) in [4.78, 5) is 23.1. The molecule has 0 spiro atoms. The minimum atomic E-state index is -4.85. The molecule has 2 aliphatic rings. The van der Waals surface area contributed by atoms with Crippen LogP contribution in [-0.4, -0.2) is 47.1 Å². The van der Waals surface area contributed by atoms with Crippen molar-refractivity contribution in [3.8, 4) is 5.88 Å². The molecule has 15 heteroatoms. The first-order valence-corrected chi connectivity index (χ1v) is 10.00. The molecule has 1 unspecified atom stereocenters. The van der Waals surface area contributed by atoms with Crippen LogP contribution >= 0.6 is 0 Å². The molecule has 3 N–H and O–H groups in total. The van der Waals surface area contributed by atoms with Crippen molar-refractivity contribution in [3.05, 3.63) is 47.7 Å². The van der Waals surface area contributed by atoms with Crippen LogP contribution in [0.4, 0.5) is 36.8 Å². The highest BCUT2D eigenvalue weighted by Gasteiger charge is 2.64. The minimum Gasteiger partial charge on any atom is -0.452 e. The number of nitrogens with two attached hydrogens (primary N) is 1. The summed E-state index contributed by atoms with van der Waals surface area (Å²) in [5.74, 6) is -2.80. The Bertz CT molecular complexity index is 1150. The van der Waals surface area contributed by atoms with Gasteiger partial charge in [-0.15, -0.1) is 0 Å². The fraction of sp³-hybridized carbons (Fsp3) is 0.400. The molecule has 0 bridgehead atoms. The summed E-state index contributed by atoms with van der Waals surface area (Å²) in [6.07, 6.45) is -10.8. The summed E-state index contributed by atoms with van der Waals surface area (Å²) >= 11 is 0. The van der Waals surface area contributed by atoms with E-state index in [0.29, 0.717) is 6.20 Å². The summed E-state index contributed by atoms with van der Waals surface area (Å²) in [6, 6.07) is 2.33. The summed E-state index contributed by atoms with van der Waals surface area (Å²) in [5, 5.41) is 2.26. The van der Waals surface area contributed by atoms with Crippen LogP contribution in [-0.2, 0) is 15.0 Å². The average Bonchev–Trinajstić information content (AvgIpc) is 3.11. The van der Waals surface area contributed by atoms with Gasteiger partial charge in [0.2, 0.25) is 12.0 Å². The van der Waals surface area contributed by atoms with E-state index in [-0.39, 0.29) is 11.3 Å². The molecule has 1 aromatic carbocycles. The third-order valence-electron chi connectivity index (χ3n) is 5.58. The first kappa shape index (κ1) is 24.5. The SMILES string of the molecule is C[C@H]1OC[C@]2(c3cc(NC(=O)Oc4cnc(C(F)F)cn4)ccc3F)N=C(N)OC(C(F)(F)F)[C@H]12. The smallest absolute Gasteiger partial charge is 0.426 e. The Morgan fingerprint density at radius 3 is 2.66 bits per heavy atom. The monoisotopic (exact) mass is 505 g/mol. The van der Waals surface area contributed by atoms with Crippen molar-refractivity contribution in [1.82, 2.24) is 9.97 Å². The first-order valence-electron chi connectivity index (χ1n) is 10.00. The van der Waals surface area contributed by atoms with Gasteiger partial charge in [-0.2, -0.15) is 13.2 Å². The Morgan fingerprint density at radius 1 is 1.29 bits per heavy atom. The van der Waals surface area contributed by atoms with Gasteiger partial charge in [0.1, 0.15) is 17.1 Å². The lowest BCUT2D eigenvalue weighted by Crippen LogP contribution is -2.55. The normalized spacial score (nSPS) is 26.1. The van der Waals surface area contributed by atoms with Gasteiger partial charge in [-0.1, -0.05) is 0 Å². The van der Waals surface area contributed by atoms with Crippen molar-refractivity contribution < 1.29 is 45.3 Å². The fourth-order valence-electron chi connectivity index (χ4n) is 4.13. The Labute approximate surface area is 193 Å². The number of alkyl halides is 5. The van der Waals surface area contributed by atoms with Crippen molar-refractivity contribution in [1.29, 1.82) is 0 Å². The van der Waals surface area contributed by atoms with Crippen LogP contribution in [0.3, 0.4) is 0 Å². The Kier molecular flexibility index (Phi) is 6.21. The topological polar surface area (TPSA) is 121 Å². The molecule has 1 aromatic heterocycles.